The predicted molar refractivity (Wildman–Crippen MR) is 66.9 cm³/mol. The first-order valence-corrected chi connectivity index (χ1v) is 6.18. The van der Waals surface area contributed by atoms with Crippen LogP contribution < -0.4 is 5.73 Å². The maximum absolute atomic E-state index is 11.2. The third-order valence-corrected chi connectivity index (χ3v) is 3.95. The van der Waals surface area contributed by atoms with Gasteiger partial charge in [0.05, 0.1) is 6.04 Å². The zero-order chi connectivity index (χ0) is 11.7. The van der Waals surface area contributed by atoms with Gasteiger partial charge in [-0.2, -0.15) is 0 Å². The normalized spacial score (nSPS) is 17.9. The summed E-state index contributed by atoms with van der Waals surface area (Å²) in [6.07, 6.45) is 0.979. The molecule has 0 aliphatic carbocycles. The van der Waals surface area contributed by atoms with Crippen molar-refractivity contribution in [3.63, 3.8) is 0 Å². The average Bonchev–Trinajstić information content (AvgIpc) is 2.28. The molecule has 0 saturated carbocycles. The van der Waals surface area contributed by atoms with Crippen molar-refractivity contribution in [3.8, 4) is 0 Å². The third kappa shape index (κ3) is 2.13. The topological polar surface area (TPSA) is 46.3 Å². The van der Waals surface area contributed by atoms with Crippen molar-refractivity contribution in [3.05, 3.63) is 33.8 Å². The molecule has 0 spiro atoms. The lowest BCUT2D eigenvalue weighted by molar-refractivity contribution is -0.123. The van der Waals surface area contributed by atoms with Gasteiger partial charge in [0.2, 0.25) is 5.91 Å². The fourth-order valence-corrected chi connectivity index (χ4v) is 2.60. The van der Waals surface area contributed by atoms with E-state index >= 15 is 0 Å². The molecule has 1 aromatic carbocycles. The maximum Gasteiger partial charge on any atom is 0.234 e. The number of benzene rings is 1. The van der Waals surface area contributed by atoms with Crippen LogP contribution in [0.15, 0.2) is 22.7 Å². The molecule has 1 aromatic rings. The predicted octanol–water partition coefficient (Wildman–Crippen LogP) is 1.68. The zero-order valence-electron chi connectivity index (χ0n) is 9.24. The fourth-order valence-electron chi connectivity index (χ4n) is 2.07. The van der Waals surface area contributed by atoms with E-state index in [1.165, 1.54) is 11.1 Å². The molecule has 1 unspecified atom stereocenters. The second kappa shape index (κ2) is 4.55. The molecule has 0 saturated heterocycles. The highest BCUT2D eigenvalue weighted by Gasteiger charge is 2.24. The summed E-state index contributed by atoms with van der Waals surface area (Å²) in [6.45, 7) is 3.55. The van der Waals surface area contributed by atoms with E-state index in [4.69, 9.17) is 5.73 Å². The molecule has 0 aromatic heterocycles. The van der Waals surface area contributed by atoms with Crippen molar-refractivity contribution < 1.29 is 4.79 Å². The molecular weight excluding hydrogens is 268 g/mol. The van der Waals surface area contributed by atoms with Gasteiger partial charge in [0.25, 0.3) is 0 Å². The number of hydrogen-bond acceptors (Lipinski definition) is 2. The van der Waals surface area contributed by atoms with Gasteiger partial charge in [-0.05, 0) is 30.5 Å². The first kappa shape index (κ1) is 11.6. The minimum Gasteiger partial charge on any atom is -0.368 e. The monoisotopic (exact) mass is 282 g/mol. The Kier molecular flexibility index (Phi) is 3.30. The molecule has 0 bridgehead atoms. The molecule has 3 nitrogen and oxygen atoms in total. The van der Waals surface area contributed by atoms with Crippen LogP contribution in [0.25, 0.3) is 0 Å². The molecule has 1 aliphatic heterocycles. The van der Waals surface area contributed by atoms with Crippen molar-refractivity contribution in [2.75, 3.05) is 6.54 Å². The Bertz CT molecular complexity index is 419. The van der Waals surface area contributed by atoms with Gasteiger partial charge in [0.1, 0.15) is 0 Å². The Hall–Kier alpha value is -0.870. The number of nitrogens with zero attached hydrogens (tertiary/aromatic N) is 1. The Morgan fingerprint density at radius 3 is 3.00 bits per heavy atom. The van der Waals surface area contributed by atoms with Gasteiger partial charge in [0, 0.05) is 17.6 Å². The van der Waals surface area contributed by atoms with Gasteiger partial charge >= 0.3 is 0 Å². The van der Waals surface area contributed by atoms with Crippen molar-refractivity contribution in [2.24, 2.45) is 5.73 Å². The highest BCUT2D eigenvalue weighted by molar-refractivity contribution is 9.10. The van der Waals surface area contributed by atoms with E-state index in [-0.39, 0.29) is 11.9 Å². The number of rotatable bonds is 2. The number of primary amides is 1. The molecular formula is C12H15BrN2O. The highest BCUT2D eigenvalue weighted by Crippen LogP contribution is 2.27. The van der Waals surface area contributed by atoms with E-state index in [2.05, 4.69) is 33.0 Å². The molecule has 1 amide bonds. The molecule has 1 atom stereocenters. The summed E-state index contributed by atoms with van der Waals surface area (Å²) in [5, 5.41) is 0. The number of amides is 1. The first-order valence-electron chi connectivity index (χ1n) is 5.39. The third-order valence-electron chi connectivity index (χ3n) is 3.20. The summed E-state index contributed by atoms with van der Waals surface area (Å²) < 4.78 is 1.12. The summed E-state index contributed by atoms with van der Waals surface area (Å²) >= 11 is 3.55. The van der Waals surface area contributed by atoms with Gasteiger partial charge < -0.3 is 5.73 Å². The second-order valence-electron chi connectivity index (χ2n) is 4.18. The number of carbonyl (C=O) groups excluding carboxylic acids is 1. The number of halogens is 1. The van der Waals surface area contributed by atoms with E-state index in [1.54, 1.807) is 0 Å². The standard InChI is InChI=1S/C12H15BrN2O/c1-8(12(14)16)15-6-5-9-3-2-4-11(13)10(9)7-15/h2-4,8H,5-7H2,1H3,(H2,14,16). The van der Waals surface area contributed by atoms with Crippen LogP contribution in [0.3, 0.4) is 0 Å². The quantitative estimate of drug-likeness (QED) is 0.897. The van der Waals surface area contributed by atoms with Crippen LogP contribution in [-0.4, -0.2) is 23.4 Å². The Morgan fingerprint density at radius 2 is 2.31 bits per heavy atom. The van der Waals surface area contributed by atoms with Gasteiger partial charge in [-0.1, -0.05) is 28.1 Å². The Labute approximate surface area is 104 Å². The number of nitrogens with two attached hydrogens (primary N) is 1. The number of hydrogen-bond donors (Lipinski definition) is 1. The van der Waals surface area contributed by atoms with Gasteiger partial charge in [-0.15, -0.1) is 0 Å². The summed E-state index contributed by atoms with van der Waals surface area (Å²) in [4.78, 5) is 13.3. The fraction of sp³-hybridized carbons (Fsp3) is 0.417. The van der Waals surface area contributed by atoms with E-state index < -0.39 is 0 Å². The first-order chi connectivity index (χ1) is 7.59. The van der Waals surface area contributed by atoms with Crippen molar-refractivity contribution in [1.82, 2.24) is 4.90 Å². The lowest BCUT2D eigenvalue weighted by Crippen LogP contribution is -2.45. The van der Waals surface area contributed by atoms with Crippen molar-refractivity contribution >= 4 is 21.8 Å². The largest absolute Gasteiger partial charge is 0.368 e. The van der Waals surface area contributed by atoms with Crippen LogP contribution >= 0.6 is 15.9 Å². The molecule has 0 radical (unpaired) electrons. The number of carbonyl (C=O) groups is 1. The smallest absolute Gasteiger partial charge is 0.234 e. The summed E-state index contributed by atoms with van der Waals surface area (Å²) in [7, 11) is 0. The molecule has 2 N–H and O–H groups in total. The second-order valence-corrected chi connectivity index (χ2v) is 5.03. The van der Waals surface area contributed by atoms with Crippen molar-refractivity contribution in [2.45, 2.75) is 25.9 Å². The summed E-state index contributed by atoms with van der Waals surface area (Å²) in [6, 6.07) is 6.04. The van der Waals surface area contributed by atoms with Crippen LogP contribution in [-0.2, 0) is 17.8 Å². The van der Waals surface area contributed by atoms with E-state index in [0.29, 0.717) is 0 Å². The van der Waals surface area contributed by atoms with Crippen molar-refractivity contribution in [1.29, 1.82) is 0 Å². The Balaban J connectivity index is 2.23. The molecule has 1 heterocycles. The average molecular weight is 283 g/mol. The zero-order valence-corrected chi connectivity index (χ0v) is 10.8. The van der Waals surface area contributed by atoms with E-state index in [1.807, 2.05) is 13.0 Å². The van der Waals surface area contributed by atoms with Crippen LogP contribution in [0.5, 0.6) is 0 Å². The van der Waals surface area contributed by atoms with E-state index in [0.717, 1.165) is 24.0 Å². The SMILES string of the molecule is CC(C(N)=O)N1CCc2cccc(Br)c2C1. The van der Waals surface area contributed by atoms with Gasteiger partial charge in [0.15, 0.2) is 0 Å². The molecule has 4 heteroatoms. The molecule has 16 heavy (non-hydrogen) atoms. The van der Waals surface area contributed by atoms with Crippen LogP contribution in [0, 0.1) is 0 Å². The molecule has 0 fully saturated rings. The van der Waals surface area contributed by atoms with Crippen LogP contribution in [0.2, 0.25) is 0 Å². The van der Waals surface area contributed by atoms with E-state index in [9.17, 15) is 4.79 Å². The van der Waals surface area contributed by atoms with Gasteiger partial charge in [-0.3, -0.25) is 9.69 Å². The molecule has 86 valence electrons. The number of fused-ring (bicyclic) bond motifs is 1. The minimum absolute atomic E-state index is 0.194. The molecule has 2 rings (SSSR count). The molecule has 1 aliphatic rings. The highest BCUT2D eigenvalue weighted by atomic mass is 79.9. The maximum atomic E-state index is 11.2. The van der Waals surface area contributed by atoms with Crippen LogP contribution in [0.1, 0.15) is 18.1 Å². The summed E-state index contributed by atoms with van der Waals surface area (Å²) in [5.74, 6) is -0.254. The van der Waals surface area contributed by atoms with Crippen LogP contribution in [0.4, 0.5) is 0 Å². The Morgan fingerprint density at radius 1 is 1.56 bits per heavy atom. The lowest BCUT2D eigenvalue weighted by atomic mass is 9.99. The minimum atomic E-state index is -0.254. The summed E-state index contributed by atoms with van der Waals surface area (Å²) in [5.41, 5.74) is 7.98. The van der Waals surface area contributed by atoms with Gasteiger partial charge in [-0.25, -0.2) is 0 Å². The lowest BCUT2D eigenvalue weighted by Gasteiger charge is -2.32.